The summed E-state index contributed by atoms with van der Waals surface area (Å²) in [5.41, 5.74) is 0.276. The van der Waals surface area contributed by atoms with Crippen molar-refractivity contribution < 1.29 is 9.47 Å². The summed E-state index contributed by atoms with van der Waals surface area (Å²) in [6, 6.07) is 0. The van der Waals surface area contributed by atoms with Crippen LogP contribution in [0.5, 0.6) is 0 Å². The van der Waals surface area contributed by atoms with E-state index in [2.05, 4.69) is 25.9 Å². The lowest BCUT2D eigenvalue weighted by atomic mass is 9.86. The van der Waals surface area contributed by atoms with Crippen molar-refractivity contribution in [3.63, 3.8) is 0 Å². The quantitative estimate of drug-likeness (QED) is 0.579. The molecule has 0 amide bonds. The third-order valence-electron chi connectivity index (χ3n) is 2.22. The Bertz CT molecular complexity index is 144. The first-order valence-corrected chi connectivity index (χ1v) is 4.99. The van der Waals surface area contributed by atoms with Crippen molar-refractivity contribution in [2.45, 2.75) is 13.3 Å². The zero-order valence-electron chi connectivity index (χ0n) is 9.01. The van der Waals surface area contributed by atoms with E-state index in [1.807, 2.05) is 0 Å². The van der Waals surface area contributed by atoms with E-state index in [0.717, 1.165) is 39.4 Å². The van der Waals surface area contributed by atoms with E-state index < -0.39 is 0 Å². The number of hydrogen-bond acceptors (Lipinski definition) is 3. The predicted molar refractivity (Wildman–Crippen MR) is 52.9 cm³/mol. The summed E-state index contributed by atoms with van der Waals surface area (Å²) in [4.78, 5) is 2.21. The van der Waals surface area contributed by atoms with E-state index in [-0.39, 0.29) is 5.41 Å². The lowest BCUT2D eigenvalue weighted by Gasteiger charge is -2.42. The molecule has 0 bridgehead atoms. The van der Waals surface area contributed by atoms with Crippen LogP contribution in [0.15, 0.2) is 0 Å². The maximum absolute atomic E-state index is 5.58. The third-order valence-corrected chi connectivity index (χ3v) is 2.22. The molecule has 3 heteroatoms. The zero-order valence-corrected chi connectivity index (χ0v) is 9.01. The second kappa shape index (κ2) is 4.94. The smallest absolute Gasteiger partial charge is 0.0579 e. The summed E-state index contributed by atoms with van der Waals surface area (Å²) < 4.78 is 10.8. The summed E-state index contributed by atoms with van der Waals surface area (Å²) in [5.74, 6) is 0. The average Bonchev–Trinajstić information content (AvgIpc) is 1.99. The van der Waals surface area contributed by atoms with Crippen LogP contribution in [0.1, 0.15) is 13.3 Å². The molecule has 0 aliphatic carbocycles. The molecule has 0 radical (unpaired) electrons. The van der Waals surface area contributed by atoms with Crippen molar-refractivity contribution in [1.82, 2.24) is 4.90 Å². The minimum absolute atomic E-state index is 0.276. The fourth-order valence-electron chi connectivity index (χ4n) is 1.71. The van der Waals surface area contributed by atoms with Crippen LogP contribution >= 0.6 is 0 Å². The number of nitrogens with zero attached hydrogens (tertiary/aromatic N) is 1. The van der Waals surface area contributed by atoms with Crippen LogP contribution in [-0.2, 0) is 9.47 Å². The Morgan fingerprint density at radius 1 is 1.38 bits per heavy atom. The van der Waals surface area contributed by atoms with Gasteiger partial charge in [-0.25, -0.2) is 0 Å². The van der Waals surface area contributed by atoms with Crippen molar-refractivity contribution in [2.75, 3.05) is 47.1 Å². The minimum atomic E-state index is 0.276. The molecular weight excluding hydrogens is 166 g/mol. The molecule has 0 atom stereocenters. The molecule has 1 fully saturated rings. The number of rotatable bonds is 6. The molecular formula is C10H21NO2. The van der Waals surface area contributed by atoms with E-state index >= 15 is 0 Å². The van der Waals surface area contributed by atoms with Crippen LogP contribution in [0, 0.1) is 5.41 Å². The standard InChI is InChI=1S/C10H21NO2/c1-4-5-12-7-10(6-11(2)3)8-13-9-10/h4-9H2,1-3H3. The molecule has 3 nitrogen and oxygen atoms in total. The summed E-state index contributed by atoms with van der Waals surface area (Å²) >= 11 is 0. The van der Waals surface area contributed by atoms with Gasteiger partial charge in [0.25, 0.3) is 0 Å². The molecule has 0 aromatic carbocycles. The van der Waals surface area contributed by atoms with Crippen molar-refractivity contribution in [3.05, 3.63) is 0 Å². The molecule has 0 aromatic heterocycles. The highest BCUT2D eigenvalue weighted by Crippen LogP contribution is 2.28. The van der Waals surface area contributed by atoms with Gasteiger partial charge in [-0.2, -0.15) is 0 Å². The molecule has 78 valence electrons. The Labute approximate surface area is 81.0 Å². The van der Waals surface area contributed by atoms with E-state index in [9.17, 15) is 0 Å². The van der Waals surface area contributed by atoms with Gasteiger partial charge in [-0.15, -0.1) is 0 Å². The average molecular weight is 187 g/mol. The maximum Gasteiger partial charge on any atom is 0.0579 e. The fraction of sp³-hybridized carbons (Fsp3) is 1.00. The van der Waals surface area contributed by atoms with Gasteiger partial charge in [0.05, 0.1) is 25.2 Å². The van der Waals surface area contributed by atoms with Crippen LogP contribution in [0.2, 0.25) is 0 Å². The van der Waals surface area contributed by atoms with E-state index in [0.29, 0.717) is 0 Å². The maximum atomic E-state index is 5.58. The molecule has 1 rings (SSSR count). The SMILES string of the molecule is CCCOCC1(CN(C)C)COC1. The molecule has 0 unspecified atom stereocenters. The van der Waals surface area contributed by atoms with Crippen molar-refractivity contribution in [1.29, 1.82) is 0 Å². The van der Waals surface area contributed by atoms with E-state index in [4.69, 9.17) is 9.47 Å². The van der Waals surface area contributed by atoms with Gasteiger partial charge in [0.15, 0.2) is 0 Å². The van der Waals surface area contributed by atoms with Gasteiger partial charge in [0.1, 0.15) is 0 Å². The highest BCUT2D eigenvalue weighted by atomic mass is 16.5. The number of ether oxygens (including phenoxy) is 2. The molecule has 0 saturated carbocycles. The summed E-state index contributed by atoms with van der Waals surface area (Å²) in [5, 5.41) is 0. The Morgan fingerprint density at radius 3 is 2.46 bits per heavy atom. The molecule has 1 saturated heterocycles. The number of hydrogen-bond donors (Lipinski definition) is 0. The van der Waals surface area contributed by atoms with E-state index in [1.165, 1.54) is 0 Å². The van der Waals surface area contributed by atoms with Gasteiger partial charge in [0, 0.05) is 13.2 Å². The van der Waals surface area contributed by atoms with Gasteiger partial charge in [0.2, 0.25) is 0 Å². The van der Waals surface area contributed by atoms with Gasteiger partial charge >= 0.3 is 0 Å². The normalized spacial score (nSPS) is 20.3. The van der Waals surface area contributed by atoms with Gasteiger partial charge in [-0.3, -0.25) is 0 Å². The lowest BCUT2D eigenvalue weighted by Crippen LogP contribution is -2.52. The molecule has 0 spiro atoms. The molecule has 13 heavy (non-hydrogen) atoms. The monoisotopic (exact) mass is 187 g/mol. The van der Waals surface area contributed by atoms with Crippen LogP contribution in [0.3, 0.4) is 0 Å². The lowest BCUT2D eigenvalue weighted by molar-refractivity contribution is -0.155. The van der Waals surface area contributed by atoms with Crippen LogP contribution in [0.4, 0.5) is 0 Å². The van der Waals surface area contributed by atoms with Crippen molar-refractivity contribution in [2.24, 2.45) is 5.41 Å². The summed E-state index contributed by atoms with van der Waals surface area (Å²) in [6.45, 7) is 6.63. The Kier molecular flexibility index (Phi) is 4.16. The fourth-order valence-corrected chi connectivity index (χ4v) is 1.71. The largest absolute Gasteiger partial charge is 0.381 e. The van der Waals surface area contributed by atoms with Crippen LogP contribution in [0.25, 0.3) is 0 Å². The third kappa shape index (κ3) is 3.25. The van der Waals surface area contributed by atoms with Gasteiger partial charge in [-0.05, 0) is 20.5 Å². The molecule has 1 aliphatic rings. The van der Waals surface area contributed by atoms with Gasteiger partial charge in [-0.1, -0.05) is 6.92 Å². The van der Waals surface area contributed by atoms with Crippen molar-refractivity contribution >= 4 is 0 Å². The zero-order chi connectivity index (χ0) is 9.73. The minimum Gasteiger partial charge on any atom is -0.381 e. The second-order valence-electron chi connectivity index (χ2n) is 4.28. The van der Waals surface area contributed by atoms with Crippen LogP contribution < -0.4 is 0 Å². The second-order valence-corrected chi connectivity index (χ2v) is 4.28. The molecule has 0 N–H and O–H groups in total. The molecule has 0 aromatic rings. The first-order chi connectivity index (χ1) is 6.18. The predicted octanol–water partition coefficient (Wildman–Crippen LogP) is 0.991. The Balaban J connectivity index is 2.23. The Hall–Kier alpha value is -0.120. The Morgan fingerprint density at radius 2 is 2.08 bits per heavy atom. The molecule has 1 heterocycles. The highest BCUT2D eigenvalue weighted by Gasteiger charge is 2.39. The molecule has 1 aliphatic heterocycles. The highest BCUT2D eigenvalue weighted by molar-refractivity contribution is 4.87. The van der Waals surface area contributed by atoms with Crippen LogP contribution in [-0.4, -0.2) is 52.0 Å². The topological polar surface area (TPSA) is 21.7 Å². The van der Waals surface area contributed by atoms with E-state index in [1.54, 1.807) is 0 Å². The first-order valence-electron chi connectivity index (χ1n) is 4.99. The van der Waals surface area contributed by atoms with Gasteiger partial charge < -0.3 is 14.4 Å². The summed E-state index contributed by atoms with van der Waals surface area (Å²) in [6.07, 6.45) is 1.10. The van der Waals surface area contributed by atoms with Crippen molar-refractivity contribution in [3.8, 4) is 0 Å². The first kappa shape index (κ1) is 11.0. The summed E-state index contributed by atoms with van der Waals surface area (Å²) in [7, 11) is 4.19.